The lowest BCUT2D eigenvalue weighted by atomic mass is 10.1. The number of amides is 1. The number of ether oxygens (including phenoxy) is 2. The maximum atomic E-state index is 12.3. The minimum Gasteiger partial charge on any atom is -0.493 e. The predicted octanol–water partition coefficient (Wildman–Crippen LogP) is 4.66. The lowest BCUT2D eigenvalue weighted by molar-refractivity contribution is -0.147. The third kappa shape index (κ3) is 7.20. The van der Waals surface area contributed by atoms with Gasteiger partial charge in [-0.05, 0) is 50.1 Å². The predicted molar refractivity (Wildman–Crippen MR) is 129 cm³/mol. The number of oxazole rings is 1. The Balaban J connectivity index is 1.54. The van der Waals surface area contributed by atoms with Crippen LogP contribution < -0.4 is 10.1 Å². The van der Waals surface area contributed by atoms with E-state index in [4.69, 9.17) is 13.9 Å². The lowest BCUT2D eigenvalue weighted by Gasteiger charge is -2.17. The summed E-state index contributed by atoms with van der Waals surface area (Å²) in [6.07, 6.45) is 2.07. The van der Waals surface area contributed by atoms with Crippen molar-refractivity contribution in [3.8, 4) is 17.2 Å². The summed E-state index contributed by atoms with van der Waals surface area (Å²) in [5.74, 6) is 1.53. The molecule has 0 saturated carbocycles. The van der Waals surface area contributed by atoms with Gasteiger partial charge < -0.3 is 19.2 Å². The van der Waals surface area contributed by atoms with E-state index in [1.54, 1.807) is 6.92 Å². The highest BCUT2D eigenvalue weighted by Gasteiger charge is 2.22. The molecule has 180 valence electrons. The molecule has 0 aliphatic carbocycles. The van der Waals surface area contributed by atoms with Crippen molar-refractivity contribution in [3.05, 3.63) is 71.6 Å². The number of benzene rings is 2. The summed E-state index contributed by atoms with van der Waals surface area (Å²) in [5.41, 5.74) is 2.72. The van der Waals surface area contributed by atoms with E-state index in [2.05, 4.69) is 10.3 Å². The van der Waals surface area contributed by atoms with Crippen LogP contribution in [0.3, 0.4) is 0 Å². The summed E-state index contributed by atoms with van der Waals surface area (Å²) in [4.78, 5) is 28.9. The van der Waals surface area contributed by atoms with Crippen molar-refractivity contribution in [1.29, 1.82) is 0 Å². The number of nitrogens with one attached hydrogen (secondary N) is 1. The number of esters is 1. The van der Waals surface area contributed by atoms with E-state index in [0.29, 0.717) is 31.8 Å². The normalized spacial score (nSPS) is 11.6. The van der Waals surface area contributed by atoms with Gasteiger partial charge in [-0.3, -0.25) is 4.79 Å². The number of hydrogen-bond donors (Lipinski definition) is 1. The van der Waals surface area contributed by atoms with E-state index in [0.717, 1.165) is 34.8 Å². The molecule has 1 heterocycles. The van der Waals surface area contributed by atoms with Gasteiger partial charge in [-0.15, -0.1) is 0 Å². The van der Waals surface area contributed by atoms with Crippen LogP contribution in [-0.2, 0) is 27.2 Å². The highest BCUT2D eigenvalue weighted by Crippen LogP contribution is 2.22. The van der Waals surface area contributed by atoms with Crippen LogP contribution in [0.15, 0.2) is 59.0 Å². The molecule has 0 bridgehead atoms. The van der Waals surface area contributed by atoms with E-state index in [1.807, 2.05) is 68.4 Å². The van der Waals surface area contributed by atoms with Gasteiger partial charge in [0.25, 0.3) is 0 Å². The van der Waals surface area contributed by atoms with E-state index >= 15 is 0 Å². The van der Waals surface area contributed by atoms with Crippen molar-refractivity contribution in [2.45, 2.75) is 52.5 Å². The second-order valence-electron chi connectivity index (χ2n) is 7.96. The standard InChI is InChI=1S/C27H32N2O5/c1-4-9-25(30)28-24(27(31)32-5-2)18-20-12-14-22(15-13-20)33-17-16-23-19(3)34-26(29-23)21-10-7-6-8-11-21/h6-8,10-15,24H,4-5,9,16-18H2,1-3H3,(H,28,30). The fraction of sp³-hybridized carbons (Fsp3) is 0.370. The van der Waals surface area contributed by atoms with Crippen LogP contribution in [-0.4, -0.2) is 36.1 Å². The monoisotopic (exact) mass is 464 g/mol. The second kappa shape index (κ2) is 12.6. The first-order chi connectivity index (χ1) is 16.5. The van der Waals surface area contributed by atoms with Gasteiger partial charge in [-0.1, -0.05) is 37.3 Å². The molecular weight excluding hydrogens is 432 g/mol. The van der Waals surface area contributed by atoms with Crippen LogP contribution in [0.2, 0.25) is 0 Å². The number of aromatic nitrogens is 1. The Hall–Kier alpha value is -3.61. The van der Waals surface area contributed by atoms with Crippen molar-refractivity contribution >= 4 is 11.9 Å². The van der Waals surface area contributed by atoms with Crippen molar-refractivity contribution < 1.29 is 23.5 Å². The largest absolute Gasteiger partial charge is 0.493 e. The summed E-state index contributed by atoms with van der Waals surface area (Å²) in [6, 6.07) is 16.6. The molecule has 0 fully saturated rings. The number of hydrogen-bond acceptors (Lipinski definition) is 6. The molecule has 0 aliphatic heterocycles. The zero-order valence-electron chi connectivity index (χ0n) is 20.0. The lowest BCUT2D eigenvalue weighted by Crippen LogP contribution is -2.43. The Kier molecular flexibility index (Phi) is 9.26. The third-order valence-electron chi connectivity index (χ3n) is 5.27. The number of nitrogens with zero attached hydrogens (tertiary/aromatic N) is 1. The molecule has 1 aromatic heterocycles. The van der Waals surface area contributed by atoms with Crippen LogP contribution in [0, 0.1) is 6.92 Å². The summed E-state index contributed by atoms with van der Waals surface area (Å²) in [5, 5.41) is 2.78. The fourth-order valence-electron chi connectivity index (χ4n) is 3.52. The molecule has 7 nitrogen and oxygen atoms in total. The van der Waals surface area contributed by atoms with Gasteiger partial charge >= 0.3 is 5.97 Å². The zero-order chi connectivity index (χ0) is 24.3. The van der Waals surface area contributed by atoms with Crippen LogP contribution >= 0.6 is 0 Å². The Morgan fingerprint density at radius 3 is 2.47 bits per heavy atom. The van der Waals surface area contributed by atoms with Gasteiger partial charge in [-0.25, -0.2) is 9.78 Å². The molecule has 1 unspecified atom stereocenters. The minimum absolute atomic E-state index is 0.154. The van der Waals surface area contributed by atoms with Crippen LogP contribution in [0.1, 0.15) is 43.7 Å². The molecule has 1 amide bonds. The molecule has 0 saturated heterocycles. The molecule has 2 aromatic carbocycles. The smallest absolute Gasteiger partial charge is 0.328 e. The number of aryl methyl sites for hydroxylation is 1. The van der Waals surface area contributed by atoms with E-state index in [-0.39, 0.29) is 12.5 Å². The Morgan fingerprint density at radius 1 is 1.06 bits per heavy atom. The van der Waals surface area contributed by atoms with Crippen molar-refractivity contribution in [1.82, 2.24) is 10.3 Å². The van der Waals surface area contributed by atoms with Gasteiger partial charge in [0.2, 0.25) is 11.8 Å². The van der Waals surface area contributed by atoms with Gasteiger partial charge in [-0.2, -0.15) is 0 Å². The fourth-order valence-corrected chi connectivity index (χ4v) is 3.52. The zero-order valence-corrected chi connectivity index (χ0v) is 20.0. The first-order valence-corrected chi connectivity index (χ1v) is 11.7. The Labute approximate surface area is 200 Å². The third-order valence-corrected chi connectivity index (χ3v) is 5.27. The summed E-state index contributed by atoms with van der Waals surface area (Å²) >= 11 is 0. The molecule has 1 N–H and O–H groups in total. The van der Waals surface area contributed by atoms with E-state index in [1.165, 1.54) is 0 Å². The number of carbonyl (C=O) groups excluding carboxylic acids is 2. The molecule has 3 rings (SSSR count). The molecule has 1 atom stereocenters. The highest BCUT2D eigenvalue weighted by molar-refractivity contribution is 5.84. The quantitative estimate of drug-likeness (QED) is 0.392. The van der Waals surface area contributed by atoms with Crippen molar-refractivity contribution in [3.63, 3.8) is 0 Å². The molecule has 0 radical (unpaired) electrons. The summed E-state index contributed by atoms with van der Waals surface area (Å²) in [6.45, 7) is 6.30. The summed E-state index contributed by atoms with van der Waals surface area (Å²) < 4.78 is 16.8. The van der Waals surface area contributed by atoms with Crippen molar-refractivity contribution in [2.24, 2.45) is 0 Å². The van der Waals surface area contributed by atoms with Crippen LogP contribution in [0.5, 0.6) is 5.75 Å². The SMILES string of the molecule is CCCC(=O)NC(Cc1ccc(OCCc2nc(-c3ccccc3)oc2C)cc1)C(=O)OCC. The van der Waals surface area contributed by atoms with Crippen molar-refractivity contribution in [2.75, 3.05) is 13.2 Å². The van der Waals surface area contributed by atoms with Gasteiger partial charge in [0.1, 0.15) is 17.6 Å². The summed E-state index contributed by atoms with van der Waals surface area (Å²) in [7, 11) is 0. The average Bonchev–Trinajstić information content (AvgIpc) is 3.21. The van der Waals surface area contributed by atoms with Gasteiger partial charge in [0.15, 0.2) is 0 Å². The molecule has 0 aliphatic rings. The Morgan fingerprint density at radius 2 is 1.79 bits per heavy atom. The second-order valence-corrected chi connectivity index (χ2v) is 7.96. The number of carbonyl (C=O) groups is 2. The number of rotatable bonds is 12. The maximum absolute atomic E-state index is 12.3. The Bertz CT molecular complexity index is 1060. The van der Waals surface area contributed by atoms with E-state index < -0.39 is 12.0 Å². The molecule has 0 spiro atoms. The van der Waals surface area contributed by atoms with Gasteiger partial charge in [0.05, 0.1) is 18.9 Å². The average molecular weight is 465 g/mol. The highest BCUT2D eigenvalue weighted by atomic mass is 16.5. The molecule has 3 aromatic rings. The maximum Gasteiger partial charge on any atom is 0.328 e. The van der Waals surface area contributed by atoms with Crippen LogP contribution in [0.25, 0.3) is 11.5 Å². The molecule has 7 heteroatoms. The van der Waals surface area contributed by atoms with Gasteiger partial charge in [0, 0.05) is 24.8 Å². The van der Waals surface area contributed by atoms with Crippen LogP contribution in [0.4, 0.5) is 0 Å². The topological polar surface area (TPSA) is 90.7 Å². The van der Waals surface area contributed by atoms with E-state index in [9.17, 15) is 9.59 Å². The first-order valence-electron chi connectivity index (χ1n) is 11.7. The molecular formula is C27H32N2O5. The molecule has 34 heavy (non-hydrogen) atoms. The first kappa shape index (κ1) is 25.0. The minimum atomic E-state index is -0.709.